The van der Waals surface area contributed by atoms with Gasteiger partial charge in [0.25, 0.3) is 4.58 Å². The fourth-order valence-corrected chi connectivity index (χ4v) is 0.519. The van der Waals surface area contributed by atoms with E-state index in [2.05, 4.69) is 20.7 Å². The minimum absolute atomic E-state index is 0.583. The Kier molecular flexibility index (Phi) is 1.10. The first-order valence-corrected chi connectivity index (χ1v) is 2.65. The van der Waals surface area contributed by atoms with Crippen LogP contribution >= 0.6 is 15.9 Å². The molecule has 0 saturated carbocycles. The van der Waals surface area contributed by atoms with E-state index in [9.17, 15) is 13.2 Å². The number of rotatable bonds is 0. The molecular formula is C3H2BrF3O. The van der Waals surface area contributed by atoms with Gasteiger partial charge in [-0.25, -0.2) is 4.39 Å². The van der Waals surface area contributed by atoms with Gasteiger partial charge in [-0.3, -0.25) is 0 Å². The average Bonchev–Trinajstić information content (AvgIpc) is 1.64. The molecular weight excluding hydrogens is 189 g/mol. The lowest BCUT2D eigenvalue weighted by Gasteiger charge is -2.36. The van der Waals surface area contributed by atoms with Crippen LogP contribution in [-0.4, -0.2) is 17.3 Å². The van der Waals surface area contributed by atoms with Gasteiger partial charge in [-0.2, -0.15) is 8.78 Å². The molecule has 48 valence electrons. The van der Waals surface area contributed by atoms with Crippen molar-refractivity contribution >= 4 is 15.9 Å². The predicted molar refractivity (Wildman–Crippen MR) is 23.7 cm³/mol. The topological polar surface area (TPSA) is 9.23 Å². The third kappa shape index (κ3) is 0.647. The first-order valence-electron chi connectivity index (χ1n) is 1.85. The van der Waals surface area contributed by atoms with Crippen LogP contribution in [0, 0.1) is 0 Å². The molecule has 0 spiro atoms. The summed E-state index contributed by atoms with van der Waals surface area (Å²) in [6.45, 7) is -0.583. The molecule has 0 amide bonds. The molecule has 0 radical (unpaired) electrons. The maximum absolute atomic E-state index is 12.0. The van der Waals surface area contributed by atoms with Gasteiger partial charge in [0, 0.05) is 0 Å². The average molecular weight is 191 g/mol. The van der Waals surface area contributed by atoms with E-state index in [1.807, 2.05) is 0 Å². The molecule has 1 unspecified atom stereocenters. The Hall–Kier alpha value is 0.230. The van der Waals surface area contributed by atoms with E-state index >= 15 is 0 Å². The van der Waals surface area contributed by atoms with E-state index in [0.717, 1.165) is 0 Å². The molecule has 1 heterocycles. The van der Waals surface area contributed by atoms with Crippen molar-refractivity contribution in [2.24, 2.45) is 0 Å². The molecule has 5 heteroatoms. The van der Waals surface area contributed by atoms with E-state index in [0.29, 0.717) is 0 Å². The SMILES string of the molecule is FC1(Br)COC1(F)F. The second-order valence-electron chi connectivity index (χ2n) is 1.51. The largest absolute Gasteiger partial charge is 0.402 e. The fraction of sp³-hybridized carbons (Fsp3) is 1.00. The van der Waals surface area contributed by atoms with E-state index in [-0.39, 0.29) is 0 Å². The van der Waals surface area contributed by atoms with Gasteiger partial charge in [0.15, 0.2) is 0 Å². The smallest absolute Gasteiger partial charge is 0.312 e. The normalized spacial score (nSPS) is 43.5. The summed E-state index contributed by atoms with van der Waals surface area (Å²) in [5.74, 6) is 0. The summed E-state index contributed by atoms with van der Waals surface area (Å²) in [5, 5.41) is 0. The predicted octanol–water partition coefficient (Wildman–Crippen LogP) is 1.67. The van der Waals surface area contributed by atoms with Crippen LogP contribution in [0.1, 0.15) is 0 Å². The first kappa shape index (κ1) is 6.35. The summed E-state index contributed by atoms with van der Waals surface area (Å²) in [4.78, 5) is 0. The molecule has 1 aliphatic rings. The minimum Gasteiger partial charge on any atom is -0.312 e. The van der Waals surface area contributed by atoms with Crippen LogP contribution in [0.3, 0.4) is 0 Å². The number of hydrogen-bond donors (Lipinski definition) is 0. The van der Waals surface area contributed by atoms with E-state index < -0.39 is 17.3 Å². The molecule has 0 aromatic rings. The summed E-state index contributed by atoms with van der Waals surface area (Å²) in [5.41, 5.74) is 0. The number of alkyl halides is 4. The molecule has 0 N–H and O–H groups in total. The number of halogens is 4. The highest BCUT2D eigenvalue weighted by Crippen LogP contribution is 2.47. The zero-order valence-corrected chi connectivity index (χ0v) is 5.21. The molecule has 1 saturated heterocycles. The van der Waals surface area contributed by atoms with Gasteiger partial charge in [-0.05, 0) is 15.9 Å². The summed E-state index contributed by atoms with van der Waals surface area (Å²) in [6.07, 6.45) is -3.63. The quantitative estimate of drug-likeness (QED) is 0.529. The molecule has 1 atom stereocenters. The minimum atomic E-state index is -3.63. The third-order valence-electron chi connectivity index (χ3n) is 0.861. The van der Waals surface area contributed by atoms with Crippen molar-refractivity contribution in [2.75, 3.05) is 6.61 Å². The monoisotopic (exact) mass is 190 g/mol. The summed E-state index contributed by atoms with van der Waals surface area (Å²) < 4.78 is 36.3. The molecule has 8 heavy (non-hydrogen) atoms. The highest BCUT2D eigenvalue weighted by Gasteiger charge is 2.64. The van der Waals surface area contributed by atoms with Gasteiger partial charge in [-0.1, -0.05) is 0 Å². The van der Waals surface area contributed by atoms with Crippen molar-refractivity contribution in [3.05, 3.63) is 0 Å². The molecule has 0 aromatic carbocycles. The summed E-state index contributed by atoms with van der Waals surface area (Å²) in [7, 11) is 0. The highest BCUT2D eigenvalue weighted by atomic mass is 79.9. The van der Waals surface area contributed by atoms with Crippen LogP contribution in [0.4, 0.5) is 13.2 Å². The molecule has 0 aromatic heterocycles. The Morgan fingerprint density at radius 1 is 1.38 bits per heavy atom. The Morgan fingerprint density at radius 2 is 1.75 bits per heavy atom. The lowest BCUT2D eigenvalue weighted by molar-refractivity contribution is -0.368. The van der Waals surface area contributed by atoms with Crippen molar-refractivity contribution in [2.45, 2.75) is 10.7 Å². The van der Waals surface area contributed by atoms with E-state index in [1.54, 1.807) is 0 Å². The van der Waals surface area contributed by atoms with Gasteiger partial charge < -0.3 is 4.74 Å². The molecule has 1 nitrogen and oxygen atoms in total. The second-order valence-corrected chi connectivity index (χ2v) is 2.77. The lowest BCUT2D eigenvalue weighted by atomic mass is 10.3. The molecule has 0 aliphatic carbocycles. The second kappa shape index (κ2) is 1.39. The Labute approximate surface area is 51.9 Å². The highest BCUT2D eigenvalue weighted by molar-refractivity contribution is 9.10. The van der Waals surface area contributed by atoms with Crippen LogP contribution in [0.25, 0.3) is 0 Å². The van der Waals surface area contributed by atoms with E-state index in [4.69, 9.17) is 0 Å². The van der Waals surface area contributed by atoms with Gasteiger partial charge in [-0.15, -0.1) is 0 Å². The molecule has 1 rings (SSSR count). The Morgan fingerprint density at radius 3 is 1.75 bits per heavy atom. The standard InChI is InChI=1S/C3H2BrF3O/c4-2(5)1-8-3(2,6)7/h1H2. The van der Waals surface area contributed by atoms with Crippen molar-refractivity contribution < 1.29 is 17.9 Å². The van der Waals surface area contributed by atoms with Crippen LogP contribution in [0.15, 0.2) is 0 Å². The van der Waals surface area contributed by atoms with Crippen molar-refractivity contribution in [1.82, 2.24) is 0 Å². The first-order chi connectivity index (χ1) is 3.46. The van der Waals surface area contributed by atoms with Crippen LogP contribution in [-0.2, 0) is 4.74 Å². The Balaban J connectivity index is 2.63. The van der Waals surface area contributed by atoms with Crippen molar-refractivity contribution in [3.8, 4) is 0 Å². The molecule has 1 aliphatic heterocycles. The zero-order valence-electron chi connectivity index (χ0n) is 3.63. The summed E-state index contributed by atoms with van der Waals surface area (Å²) >= 11 is 2.14. The van der Waals surface area contributed by atoms with E-state index in [1.165, 1.54) is 0 Å². The fourth-order valence-electron chi connectivity index (χ4n) is 0.290. The maximum Gasteiger partial charge on any atom is 0.402 e. The molecule has 1 fully saturated rings. The van der Waals surface area contributed by atoms with Crippen LogP contribution in [0.2, 0.25) is 0 Å². The number of ether oxygens (including phenoxy) is 1. The number of hydrogen-bond acceptors (Lipinski definition) is 1. The Bertz CT molecular complexity index is 99.1. The molecule has 0 bridgehead atoms. The third-order valence-corrected chi connectivity index (χ3v) is 1.55. The van der Waals surface area contributed by atoms with Gasteiger partial charge in [0.1, 0.15) is 6.61 Å². The zero-order chi connectivity index (χ0) is 6.41. The van der Waals surface area contributed by atoms with Crippen LogP contribution < -0.4 is 0 Å². The summed E-state index contributed by atoms with van der Waals surface area (Å²) in [6, 6.07) is 0. The lowest BCUT2D eigenvalue weighted by Crippen LogP contribution is -2.56. The maximum atomic E-state index is 12.0. The van der Waals surface area contributed by atoms with Crippen LogP contribution in [0.5, 0.6) is 0 Å². The van der Waals surface area contributed by atoms with Crippen molar-refractivity contribution in [1.29, 1.82) is 0 Å². The van der Waals surface area contributed by atoms with Gasteiger partial charge in [0.05, 0.1) is 0 Å². The van der Waals surface area contributed by atoms with Crippen molar-refractivity contribution in [3.63, 3.8) is 0 Å². The van der Waals surface area contributed by atoms with Gasteiger partial charge >= 0.3 is 6.11 Å². The van der Waals surface area contributed by atoms with Gasteiger partial charge in [0.2, 0.25) is 0 Å².